The van der Waals surface area contributed by atoms with Crippen molar-refractivity contribution in [1.82, 2.24) is 14.8 Å². The fourth-order valence-electron chi connectivity index (χ4n) is 3.25. The molecule has 0 saturated heterocycles. The largest absolute Gasteiger partial charge is 0.325 e. The fraction of sp³-hybridized carbons (Fsp3) is 0.292. The first-order valence-corrected chi connectivity index (χ1v) is 11.0. The van der Waals surface area contributed by atoms with Crippen molar-refractivity contribution in [3.63, 3.8) is 0 Å². The summed E-state index contributed by atoms with van der Waals surface area (Å²) < 4.78 is 1.99. The third kappa shape index (κ3) is 4.82. The molecule has 1 N–H and O–H groups in total. The van der Waals surface area contributed by atoms with Crippen molar-refractivity contribution < 1.29 is 4.79 Å². The molecule has 1 heterocycles. The zero-order valence-electron chi connectivity index (χ0n) is 17.9. The number of rotatable bonds is 8. The Morgan fingerprint density at radius 3 is 2.53 bits per heavy atom. The minimum absolute atomic E-state index is 0.0504. The van der Waals surface area contributed by atoms with Crippen molar-refractivity contribution in [3.8, 4) is 11.4 Å². The zero-order valence-corrected chi connectivity index (χ0v) is 18.7. The quantitative estimate of drug-likeness (QED) is 0.376. The Bertz CT molecular complexity index is 1030. The highest BCUT2D eigenvalue weighted by molar-refractivity contribution is 8.00. The number of nitrogens with one attached hydrogen (secondary N) is 1. The number of aryl methyl sites for hydroxylation is 1. The van der Waals surface area contributed by atoms with Crippen LogP contribution in [0.25, 0.3) is 11.4 Å². The van der Waals surface area contributed by atoms with Gasteiger partial charge in [-0.1, -0.05) is 80.2 Å². The number of allylic oxidation sites excluding steroid dienone is 1. The van der Waals surface area contributed by atoms with Crippen LogP contribution in [0.2, 0.25) is 0 Å². The highest BCUT2D eigenvalue weighted by atomic mass is 32.2. The highest BCUT2D eigenvalue weighted by Gasteiger charge is 2.22. The molecule has 0 bridgehead atoms. The van der Waals surface area contributed by atoms with E-state index in [9.17, 15) is 4.79 Å². The van der Waals surface area contributed by atoms with E-state index in [2.05, 4.69) is 42.0 Å². The van der Waals surface area contributed by atoms with Crippen LogP contribution in [-0.2, 0) is 11.3 Å². The molecule has 0 saturated carbocycles. The highest BCUT2D eigenvalue weighted by Crippen LogP contribution is 2.30. The van der Waals surface area contributed by atoms with Gasteiger partial charge >= 0.3 is 0 Å². The van der Waals surface area contributed by atoms with Crippen LogP contribution in [0, 0.1) is 6.92 Å². The molecule has 2 aromatic carbocycles. The number of amides is 1. The van der Waals surface area contributed by atoms with Gasteiger partial charge in [0.15, 0.2) is 11.0 Å². The number of thioether (sulfide) groups is 1. The van der Waals surface area contributed by atoms with Gasteiger partial charge in [-0.05, 0) is 30.9 Å². The van der Waals surface area contributed by atoms with Gasteiger partial charge in [0.2, 0.25) is 5.91 Å². The molecule has 0 spiro atoms. The molecule has 0 aliphatic carbocycles. The summed E-state index contributed by atoms with van der Waals surface area (Å²) >= 11 is 1.40. The second-order valence-electron chi connectivity index (χ2n) is 7.51. The lowest BCUT2D eigenvalue weighted by Crippen LogP contribution is -2.24. The number of hydrogen-bond acceptors (Lipinski definition) is 4. The van der Waals surface area contributed by atoms with E-state index in [1.807, 2.05) is 67.0 Å². The van der Waals surface area contributed by atoms with E-state index in [1.54, 1.807) is 0 Å². The predicted octanol–water partition coefficient (Wildman–Crippen LogP) is 5.68. The van der Waals surface area contributed by atoms with Crippen molar-refractivity contribution in [2.75, 3.05) is 5.32 Å². The maximum atomic E-state index is 13.0. The third-order valence-electron chi connectivity index (χ3n) is 4.89. The molecule has 1 aromatic heterocycles. The van der Waals surface area contributed by atoms with Crippen LogP contribution in [-0.4, -0.2) is 25.9 Å². The first kappa shape index (κ1) is 21.8. The van der Waals surface area contributed by atoms with Gasteiger partial charge in [-0.15, -0.1) is 16.8 Å². The van der Waals surface area contributed by atoms with Gasteiger partial charge in [-0.2, -0.15) is 0 Å². The standard InChI is InChI=1S/C24H28N4OS/c1-6-15-28-22(19-12-8-7-9-13-19)26-27-24(28)30-18(5)23(29)25-21-17(4)11-10-14-20(21)16(2)3/h6-14,16,18H,1,15H2,2-5H3,(H,25,29)/t18-/m1/s1. The number of carbonyl (C=O) groups excluding carboxylic acids is 1. The van der Waals surface area contributed by atoms with Crippen LogP contribution >= 0.6 is 11.8 Å². The molecular weight excluding hydrogens is 392 g/mol. The molecule has 3 aromatic rings. The molecule has 1 amide bonds. The molecule has 5 nitrogen and oxygen atoms in total. The summed E-state index contributed by atoms with van der Waals surface area (Å²) in [4.78, 5) is 13.0. The van der Waals surface area contributed by atoms with Crippen molar-refractivity contribution in [2.24, 2.45) is 0 Å². The maximum absolute atomic E-state index is 13.0. The number of nitrogens with zero attached hydrogens (tertiary/aromatic N) is 3. The van der Waals surface area contributed by atoms with E-state index in [0.717, 1.165) is 28.2 Å². The second kappa shape index (κ2) is 9.76. The minimum atomic E-state index is -0.332. The Kier molecular flexibility index (Phi) is 7.11. The Morgan fingerprint density at radius 1 is 1.13 bits per heavy atom. The molecule has 0 fully saturated rings. The molecular formula is C24H28N4OS. The lowest BCUT2D eigenvalue weighted by molar-refractivity contribution is -0.115. The van der Waals surface area contributed by atoms with Gasteiger partial charge in [0, 0.05) is 17.8 Å². The molecule has 1 atom stereocenters. The zero-order chi connectivity index (χ0) is 21.7. The van der Waals surface area contributed by atoms with Crippen molar-refractivity contribution in [1.29, 1.82) is 0 Å². The average molecular weight is 421 g/mol. The second-order valence-corrected chi connectivity index (χ2v) is 8.82. The van der Waals surface area contributed by atoms with E-state index in [0.29, 0.717) is 17.6 Å². The molecule has 6 heteroatoms. The molecule has 30 heavy (non-hydrogen) atoms. The van der Waals surface area contributed by atoms with Crippen LogP contribution < -0.4 is 5.32 Å². The Morgan fingerprint density at radius 2 is 1.87 bits per heavy atom. The van der Waals surface area contributed by atoms with Crippen molar-refractivity contribution in [3.05, 3.63) is 72.3 Å². The number of benzene rings is 2. The van der Waals surface area contributed by atoms with Gasteiger partial charge in [0.25, 0.3) is 0 Å². The molecule has 156 valence electrons. The molecule has 3 rings (SSSR count). The summed E-state index contributed by atoms with van der Waals surface area (Å²) in [5, 5.41) is 12.2. The van der Waals surface area contributed by atoms with Crippen molar-refractivity contribution >= 4 is 23.4 Å². The van der Waals surface area contributed by atoms with Crippen LogP contribution in [0.5, 0.6) is 0 Å². The van der Waals surface area contributed by atoms with E-state index in [1.165, 1.54) is 11.8 Å². The summed E-state index contributed by atoms with van der Waals surface area (Å²) in [7, 11) is 0. The minimum Gasteiger partial charge on any atom is -0.325 e. The van der Waals surface area contributed by atoms with Crippen LogP contribution in [0.3, 0.4) is 0 Å². The van der Waals surface area contributed by atoms with Crippen LogP contribution in [0.15, 0.2) is 66.3 Å². The molecule has 0 unspecified atom stereocenters. The predicted molar refractivity (Wildman–Crippen MR) is 125 cm³/mol. The van der Waals surface area contributed by atoms with Crippen molar-refractivity contribution in [2.45, 2.75) is 50.6 Å². The lowest BCUT2D eigenvalue weighted by Gasteiger charge is -2.18. The normalized spacial score (nSPS) is 12.0. The number of hydrogen-bond donors (Lipinski definition) is 1. The topological polar surface area (TPSA) is 59.8 Å². The number of para-hydroxylation sites is 1. The summed E-state index contributed by atoms with van der Waals surface area (Å²) in [5.74, 6) is 1.05. The van der Waals surface area contributed by atoms with E-state index < -0.39 is 0 Å². The Balaban J connectivity index is 1.81. The maximum Gasteiger partial charge on any atom is 0.237 e. The fourth-order valence-corrected chi connectivity index (χ4v) is 4.11. The summed E-state index contributed by atoms with van der Waals surface area (Å²) in [5.41, 5.74) is 4.09. The first-order chi connectivity index (χ1) is 14.4. The Hall–Kier alpha value is -2.86. The van der Waals surface area contributed by atoms with E-state index in [-0.39, 0.29) is 11.2 Å². The number of carbonyl (C=O) groups is 1. The first-order valence-electron chi connectivity index (χ1n) is 10.1. The lowest BCUT2D eigenvalue weighted by atomic mass is 9.98. The summed E-state index contributed by atoms with van der Waals surface area (Å²) in [6.45, 7) is 12.6. The van der Waals surface area contributed by atoms with Gasteiger partial charge in [-0.3, -0.25) is 9.36 Å². The van der Waals surface area contributed by atoms with Crippen LogP contribution in [0.1, 0.15) is 37.8 Å². The molecule has 0 aliphatic rings. The van der Waals surface area contributed by atoms with E-state index >= 15 is 0 Å². The summed E-state index contributed by atoms with van der Waals surface area (Å²) in [6, 6.07) is 16.0. The average Bonchev–Trinajstić information content (AvgIpc) is 3.12. The third-order valence-corrected chi connectivity index (χ3v) is 5.97. The summed E-state index contributed by atoms with van der Waals surface area (Å²) in [6.07, 6.45) is 1.81. The molecule has 0 radical (unpaired) electrons. The number of anilines is 1. The van der Waals surface area contributed by atoms with E-state index in [4.69, 9.17) is 0 Å². The monoisotopic (exact) mass is 420 g/mol. The van der Waals surface area contributed by atoms with Gasteiger partial charge in [0.1, 0.15) is 0 Å². The SMILES string of the molecule is C=CCn1c(S[C@H](C)C(=O)Nc2c(C)cccc2C(C)C)nnc1-c1ccccc1. The molecule has 0 aliphatic heterocycles. The number of aromatic nitrogens is 3. The van der Waals surface area contributed by atoms with Crippen LogP contribution in [0.4, 0.5) is 5.69 Å². The van der Waals surface area contributed by atoms with Gasteiger partial charge < -0.3 is 5.32 Å². The van der Waals surface area contributed by atoms with Gasteiger partial charge in [-0.25, -0.2) is 0 Å². The smallest absolute Gasteiger partial charge is 0.237 e. The Labute approximate surface area is 182 Å². The van der Waals surface area contributed by atoms with Gasteiger partial charge in [0.05, 0.1) is 5.25 Å².